The maximum Gasteiger partial charge on any atom is 0.258 e. The van der Waals surface area contributed by atoms with Gasteiger partial charge >= 0.3 is 0 Å². The number of aromatic amines is 1. The lowest BCUT2D eigenvalue weighted by Gasteiger charge is -2.10. The van der Waals surface area contributed by atoms with Crippen LogP contribution in [-0.2, 0) is 11.3 Å². The normalized spacial score (nSPS) is 11.0. The molecule has 0 bridgehead atoms. The number of rotatable bonds is 6. The number of nitrogens with one attached hydrogen (secondary N) is 2. The van der Waals surface area contributed by atoms with Crippen LogP contribution in [0.1, 0.15) is 36.5 Å². The van der Waals surface area contributed by atoms with Crippen molar-refractivity contribution < 1.29 is 9.53 Å². The smallest absolute Gasteiger partial charge is 0.258 e. The third-order valence-corrected chi connectivity index (χ3v) is 4.48. The molecule has 0 unspecified atom stereocenters. The van der Waals surface area contributed by atoms with Crippen molar-refractivity contribution >= 4 is 16.8 Å². The largest absolute Gasteiger partial charge is 0.484 e. The lowest BCUT2D eigenvalue weighted by atomic mass is 10.0. The van der Waals surface area contributed by atoms with E-state index in [1.54, 1.807) is 0 Å². The first-order valence-corrected chi connectivity index (χ1v) is 9.04. The quantitative estimate of drug-likeness (QED) is 0.701. The number of pyridine rings is 1. The zero-order valence-electron chi connectivity index (χ0n) is 15.8. The molecule has 2 aromatic carbocycles. The van der Waals surface area contributed by atoms with E-state index in [0.717, 1.165) is 16.5 Å². The highest BCUT2D eigenvalue weighted by Gasteiger charge is 2.08. The average molecular weight is 364 g/mol. The van der Waals surface area contributed by atoms with Crippen LogP contribution in [0.2, 0.25) is 0 Å². The van der Waals surface area contributed by atoms with Gasteiger partial charge in [-0.05, 0) is 54.1 Å². The fraction of sp³-hybridized carbons (Fsp3) is 0.273. The van der Waals surface area contributed by atoms with Gasteiger partial charge in [-0.25, -0.2) is 0 Å². The number of fused-ring (bicyclic) bond motifs is 1. The number of H-pyrrole nitrogens is 1. The van der Waals surface area contributed by atoms with Gasteiger partial charge in [-0.1, -0.05) is 37.6 Å². The van der Waals surface area contributed by atoms with E-state index in [9.17, 15) is 9.59 Å². The lowest BCUT2D eigenvalue weighted by molar-refractivity contribution is -0.123. The van der Waals surface area contributed by atoms with Gasteiger partial charge in [0, 0.05) is 17.6 Å². The number of carbonyl (C=O) groups is 1. The highest BCUT2D eigenvalue weighted by molar-refractivity contribution is 5.80. The van der Waals surface area contributed by atoms with Gasteiger partial charge in [0.2, 0.25) is 0 Å². The van der Waals surface area contributed by atoms with Crippen molar-refractivity contribution in [2.75, 3.05) is 6.61 Å². The molecule has 0 aliphatic rings. The Morgan fingerprint density at radius 3 is 2.56 bits per heavy atom. The second-order valence-corrected chi connectivity index (χ2v) is 7.00. The van der Waals surface area contributed by atoms with Crippen molar-refractivity contribution in [1.29, 1.82) is 0 Å². The topological polar surface area (TPSA) is 71.2 Å². The molecular formula is C22H24N2O3. The summed E-state index contributed by atoms with van der Waals surface area (Å²) in [5.74, 6) is 0.773. The molecule has 5 nitrogen and oxygen atoms in total. The molecule has 27 heavy (non-hydrogen) atoms. The molecule has 0 fully saturated rings. The molecular weight excluding hydrogens is 340 g/mol. The summed E-state index contributed by atoms with van der Waals surface area (Å²) in [4.78, 5) is 27.1. The molecule has 3 rings (SSSR count). The minimum Gasteiger partial charge on any atom is -0.484 e. The first-order chi connectivity index (χ1) is 12.9. The van der Waals surface area contributed by atoms with Crippen molar-refractivity contribution in [3.63, 3.8) is 0 Å². The van der Waals surface area contributed by atoms with Crippen LogP contribution >= 0.6 is 0 Å². The Morgan fingerprint density at radius 1 is 1.11 bits per heavy atom. The summed E-state index contributed by atoms with van der Waals surface area (Å²) in [6.07, 6.45) is 0. The summed E-state index contributed by atoms with van der Waals surface area (Å²) in [5.41, 5.74) is 3.45. The Hall–Kier alpha value is -3.08. The molecule has 1 amide bonds. The Morgan fingerprint density at radius 2 is 1.85 bits per heavy atom. The highest BCUT2D eigenvalue weighted by Crippen LogP contribution is 2.20. The third kappa shape index (κ3) is 4.76. The second kappa shape index (κ2) is 8.08. The summed E-state index contributed by atoms with van der Waals surface area (Å²) in [7, 11) is 0. The molecule has 1 aromatic heterocycles. The van der Waals surface area contributed by atoms with E-state index in [2.05, 4.69) is 30.2 Å². The number of hydrogen-bond donors (Lipinski definition) is 2. The van der Waals surface area contributed by atoms with Crippen molar-refractivity contribution in [3.8, 4) is 5.75 Å². The maximum absolute atomic E-state index is 12.2. The fourth-order valence-corrected chi connectivity index (χ4v) is 2.79. The van der Waals surface area contributed by atoms with Crippen LogP contribution < -0.4 is 15.6 Å². The van der Waals surface area contributed by atoms with E-state index < -0.39 is 0 Å². The fourth-order valence-electron chi connectivity index (χ4n) is 2.79. The molecule has 140 valence electrons. The summed E-state index contributed by atoms with van der Waals surface area (Å²) in [6.45, 7) is 6.31. The van der Waals surface area contributed by atoms with Crippen LogP contribution in [0.5, 0.6) is 5.75 Å². The van der Waals surface area contributed by atoms with Gasteiger partial charge < -0.3 is 15.0 Å². The summed E-state index contributed by atoms with van der Waals surface area (Å²) in [6, 6.07) is 15.3. The van der Waals surface area contributed by atoms with Crippen LogP contribution in [0.4, 0.5) is 0 Å². The SMILES string of the molecule is Cc1ccc(OCC(=O)NCc2cc3cc(C(C)C)ccc3[nH]c2=O)cc1. The third-order valence-electron chi connectivity index (χ3n) is 4.48. The average Bonchev–Trinajstić information content (AvgIpc) is 2.65. The molecule has 0 aliphatic carbocycles. The number of aryl methyl sites for hydroxylation is 1. The predicted molar refractivity (Wildman–Crippen MR) is 107 cm³/mol. The van der Waals surface area contributed by atoms with Gasteiger partial charge in [-0.15, -0.1) is 0 Å². The number of hydrogen-bond acceptors (Lipinski definition) is 3. The molecule has 0 saturated heterocycles. The van der Waals surface area contributed by atoms with E-state index in [1.807, 2.05) is 49.4 Å². The van der Waals surface area contributed by atoms with Crippen molar-refractivity contribution in [2.24, 2.45) is 0 Å². The monoisotopic (exact) mass is 364 g/mol. The van der Waals surface area contributed by atoms with Crippen molar-refractivity contribution in [3.05, 3.63) is 75.6 Å². The van der Waals surface area contributed by atoms with E-state index in [0.29, 0.717) is 17.2 Å². The number of ether oxygens (including phenoxy) is 1. The lowest BCUT2D eigenvalue weighted by Crippen LogP contribution is -2.30. The van der Waals surface area contributed by atoms with E-state index in [1.165, 1.54) is 5.56 Å². The van der Waals surface area contributed by atoms with Crippen LogP contribution in [0.25, 0.3) is 10.9 Å². The number of amides is 1. The number of benzene rings is 2. The second-order valence-electron chi connectivity index (χ2n) is 7.00. The molecule has 1 heterocycles. The number of carbonyl (C=O) groups excluding carboxylic acids is 1. The molecule has 3 aromatic rings. The number of aromatic nitrogens is 1. The first kappa shape index (κ1) is 18.7. The Bertz CT molecular complexity index is 1000. The Labute approximate surface area is 158 Å². The van der Waals surface area contributed by atoms with Crippen LogP contribution in [0.15, 0.2) is 53.3 Å². The van der Waals surface area contributed by atoms with Gasteiger partial charge in [0.05, 0.1) is 0 Å². The first-order valence-electron chi connectivity index (χ1n) is 9.04. The van der Waals surface area contributed by atoms with Gasteiger partial charge in [-0.3, -0.25) is 9.59 Å². The van der Waals surface area contributed by atoms with Crippen molar-refractivity contribution in [1.82, 2.24) is 10.3 Å². The minimum absolute atomic E-state index is 0.0912. The molecule has 0 saturated carbocycles. The molecule has 0 aliphatic heterocycles. The molecule has 2 N–H and O–H groups in total. The standard InChI is InChI=1S/C22H24N2O3/c1-14(2)16-6-9-20-17(10-16)11-18(22(26)24-20)12-23-21(25)13-27-19-7-4-15(3)5-8-19/h4-11,14H,12-13H2,1-3H3,(H,23,25)(H,24,26). The maximum atomic E-state index is 12.2. The Balaban J connectivity index is 1.64. The van der Waals surface area contributed by atoms with Crippen LogP contribution in [0, 0.1) is 6.92 Å². The molecule has 0 atom stereocenters. The van der Waals surface area contributed by atoms with Gasteiger partial charge in [0.15, 0.2) is 6.61 Å². The minimum atomic E-state index is -0.272. The van der Waals surface area contributed by atoms with Gasteiger partial charge in [-0.2, -0.15) is 0 Å². The predicted octanol–water partition coefficient (Wildman–Crippen LogP) is 3.66. The summed E-state index contributed by atoms with van der Waals surface area (Å²) < 4.78 is 5.46. The zero-order valence-corrected chi connectivity index (χ0v) is 15.8. The highest BCUT2D eigenvalue weighted by atomic mass is 16.5. The molecule has 0 radical (unpaired) electrons. The summed E-state index contributed by atoms with van der Waals surface area (Å²) >= 11 is 0. The van der Waals surface area contributed by atoms with Crippen LogP contribution in [-0.4, -0.2) is 17.5 Å². The van der Waals surface area contributed by atoms with E-state index >= 15 is 0 Å². The molecule has 0 spiro atoms. The van der Waals surface area contributed by atoms with Gasteiger partial charge in [0.25, 0.3) is 11.5 Å². The van der Waals surface area contributed by atoms with Crippen molar-refractivity contribution in [2.45, 2.75) is 33.2 Å². The summed E-state index contributed by atoms with van der Waals surface area (Å²) in [5, 5.41) is 3.70. The zero-order chi connectivity index (χ0) is 19.4. The van der Waals surface area contributed by atoms with Crippen LogP contribution in [0.3, 0.4) is 0 Å². The van der Waals surface area contributed by atoms with Gasteiger partial charge in [0.1, 0.15) is 5.75 Å². The molecule has 5 heteroatoms. The Kier molecular flexibility index (Phi) is 5.60. The van der Waals surface area contributed by atoms with E-state index in [-0.39, 0.29) is 24.6 Å². The van der Waals surface area contributed by atoms with E-state index in [4.69, 9.17) is 4.74 Å².